The van der Waals surface area contributed by atoms with E-state index in [1.807, 2.05) is 26.0 Å². The van der Waals surface area contributed by atoms with E-state index in [2.05, 4.69) is 16.3 Å². The largest absolute Gasteiger partial charge is 0.481 e. The van der Waals surface area contributed by atoms with E-state index in [9.17, 15) is 4.79 Å². The zero-order valence-corrected chi connectivity index (χ0v) is 14.4. The molecule has 0 spiro atoms. The maximum Gasteiger partial charge on any atom is 0.260 e. The molecule has 1 aromatic carbocycles. The molecular weight excluding hydrogens is 292 g/mol. The Morgan fingerprint density at radius 2 is 2.09 bits per heavy atom. The van der Waals surface area contributed by atoms with Gasteiger partial charge in [0.25, 0.3) is 5.91 Å². The highest BCUT2D eigenvalue weighted by molar-refractivity contribution is 5.80. The van der Waals surface area contributed by atoms with Crippen LogP contribution >= 0.6 is 0 Å². The Bertz CT molecular complexity index is 513. The highest BCUT2D eigenvalue weighted by atomic mass is 16.5. The number of hydrogen-bond donors (Lipinski definition) is 1. The fourth-order valence-corrected chi connectivity index (χ4v) is 2.66. The third-order valence-corrected chi connectivity index (χ3v) is 4.06. The van der Waals surface area contributed by atoms with E-state index in [0.717, 1.165) is 50.6 Å². The van der Waals surface area contributed by atoms with Crippen LogP contribution in [0.25, 0.3) is 0 Å². The first-order valence-corrected chi connectivity index (χ1v) is 8.38. The summed E-state index contributed by atoms with van der Waals surface area (Å²) in [6.45, 7) is 11.1. The van der Waals surface area contributed by atoms with Gasteiger partial charge in [0, 0.05) is 19.6 Å². The Morgan fingerprint density at radius 1 is 1.35 bits per heavy atom. The van der Waals surface area contributed by atoms with Crippen LogP contribution in [0.3, 0.4) is 0 Å². The van der Waals surface area contributed by atoms with Gasteiger partial charge in [0.15, 0.2) is 6.10 Å². The molecule has 0 aromatic heterocycles. The molecule has 1 fully saturated rings. The van der Waals surface area contributed by atoms with Crippen molar-refractivity contribution in [2.45, 2.75) is 33.3 Å². The van der Waals surface area contributed by atoms with Crippen molar-refractivity contribution in [2.24, 2.45) is 0 Å². The van der Waals surface area contributed by atoms with E-state index >= 15 is 0 Å². The van der Waals surface area contributed by atoms with Crippen LogP contribution in [0.1, 0.15) is 24.5 Å². The summed E-state index contributed by atoms with van der Waals surface area (Å²) in [6.07, 6.45) is 0.460. The molecule has 1 aromatic rings. The number of rotatable bonds is 7. The number of aryl methyl sites for hydroxylation is 2. The Labute approximate surface area is 139 Å². The first-order chi connectivity index (χ1) is 11.1. The van der Waals surface area contributed by atoms with E-state index in [0.29, 0.717) is 6.54 Å². The van der Waals surface area contributed by atoms with Gasteiger partial charge in [-0.2, -0.15) is 0 Å². The highest BCUT2D eigenvalue weighted by Gasteiger charge is 2.15. The first-order valence-electron chi connectivity index (χ1n) is 8.38. The van der Waals surface area contributed by atoms with Gasteiger partial charge in [0.2, 0.25) is 0 Å². The number of morpholine rings is 1. The average Bonchev–Trinajstić information content (AvgIpc) is 2.55. The molecule has 0 radical (unpaired) electrons. The first kappa shape index (κ1) is 17.8. The molecule has 1 saturated heterocycles. The molecule has 128 valence electrons. The zero-order chi connectivity index (χ0) is 16.7. The third kappa shape index (κ3) is 5.84. The quantitative estimate of drug-likeness (QED) is 0.780. The standard InChI is InChI=1S/C18H28N2O3/c1-14-5-6-17(15(2)13-14)23-16(3)18(21)19-7-4-8-20-9-11-22-12-10-20/h5-6,13,16H,4,7-12H2,1-3H3,(H,19,21)/t16-/m0/s1. The number of nitrogens with one attached hydrogen (secondary N) is 1. The maximum atomic E-state index is 12.1. The normalized spacial score (nSPS) is 16.8. The van der Waals surface area contributed by atoms with Crippen molar-refractivity contribution in [3.05, 3.63) is 29.3 Å². The molecule has 0 saturated carbocycles. The number of hydrogen-bond acceptors (Lipinski definition) is 4. The Kier molecular flexibility index (Phi) is 6.86. The summed E-state index contributed by atoms with van der Waals surface area (Å²) in [5.41, 5.74) is 2.24. The Morgan fingerprint density at radius 3 is 2.78 bits per heavy atom. The average molecular weight is 320 g/mol. The summed E-state index contributed by atoms with van der Waals surface area (Å²) in [4.78, 5) is 14.5. The lowest BCUT2D eigenvalue weighted by molar-refractivity contribution is -0.127. The van der Waals surface area contributed by atoms with Gasteiger partial charge in [-0.3, -0.25) is 9.69 Å². The van der Waals surface area contributed by atoms with E-state index in [1.54, 1.807) is 6.92 Å². The van der Waals surface area contributed by atoms with Crippen LogP contribution < -0.4 is 10.1 Å². The Balaban J connectivity index is 1.68. The number of carbonyl (C=O) groups excluding carboxylic acids is 1. The van der Waals surface area contributed by atoms with Crippen molar-refractivity contribution in [1.29, 1.82) is 0 Å². The summed E-state index contributed by atoms with van der Waals surface area (Å²) in [7, 11) is 0. The molecule has 1 aliphatic heterocycles. The topological polar surface area (TPSA) is 50.8 Å². The van der Waals surface area contributed by atoms with Gasteiger partial charge >= 0.3 is 0 Å². The molecule has 0 aliphatic carbocycles. The zero-order valence-electron chi connectivity index (χ0n) is 14.4. The predicted molar refractivity (Wildman–Crippen MR) is 90.9 cm³/mol. The smallest absolute Gasteiger partial charge is 0.260 e. The minimum absolute atomic E-state index is 0.0630. The van der Waals surface area contributed by atoms with Gasteiger partial charge in [-0.1, -0.05) is 17.7 Å². The predicted octanol–water partition coefficient (Wildman–Crippen LogP) is 1.91. The minimum Gasteiger partial charge on any atom is -0.481 e. The molecule has 2 rings (SSSR count). The summed E-state index contributed by atoms with van der Waals surface area (Å²) in [5, 5.41) is 2.95. The third-order valence-electron chi connectivity index (χ3n) is 4.06. The molecule has 0 bridgehead atoms. The molecule has 1 atom stereocenters. The van der Waals surface area contributed by atoms with Gasteiger partial charge in [-0.25, -0.2) is 0 Å². The summed E-state index contributed by atoms with van der Waals surface area (Å²) in [6, 6.07) is 5.98. The molecule has 23 heavy (non-hydrogen) atoms. The number of ether oxygens (including phenoxy) is 2. The van der Waals surface area contributed by atoms with Crippen molar-refractivity contribution < 1.29 is 14.3 Å². The second-order valence-electron chi connectivity index (χ2n) is 6.13. The van der Waals surface area contributed by atoms with E-state index in [-0.39, 0.29) is 5.91 Å². The molecule has 1 heterocycles. The lowest BCUT2D eigenvalue weighted by Crippen LogP contribution is -2.40. The SMILES string of the molecule is Cc1ccc(O[C@@H](C)C(=O)NCCCN2CCOCC2)c(C)c1. The van der Waals surface area contributed by atoms with E-state index < -0.39 is 6.10 Å². The Hall–Kier alpha value is -1.59. The van der Waals surface area contributed by atoms with Crippen molar-refractivity contribution in [2.75, 3.05) is 39.4 Å². The van der Waals surface area contributed by atoms with Crippen LogP contribution in [-0.2, 0) is 9.53 Å². The van der Waals surface area contributed by atoms with Gasteiger partial charge in [-0.15, -0.1) is 0 Å². The second-order valence-corrected chi connectivity index (χ2v) is 6.13. The maximum absolute atomic E-state index is 12.1. The molecule has 5 heteroatoms. The van der Waals surface area contributed by atoms with Crippen LogP contribution in [0.4, 0.5) is 0 Å². The van der Waals surface area contributed by atoms with E-state index in [1.165, 1.54) is 5.56 Å². The lowest BCUT2D eigenvalue weighted by atomic mass is 10.1. The number of carbonyl (C=O) groups is 1. The number of benzene rings is 1. The lowest BCUT2D eigenvalue weighted by Gasteiger charge is -2.26. The van der Waals surface area contributed by atoms with E-state index in [4.69, 9.17) is 9.47 Å². The molecule has 0 unspecified atom stereocenters. The highest BCUT2D eigenvalue weighted by Crippen LogP contribution is 2.20. The van der Waals surface area contributed by atoms with Crippen molar-refractivity contribution in [3.63, 3.8) is 0 Å². The fourth-order valence-electron chi connectivity index (χ4n) is 2.66. The number of amides is 1. The van der Waals surface area contributed by atoms with Gasteiger partial charge in [0.1, 0.15) is 5.75 Å². The van der Waals surface area contributed by atoms with Crippen molar-refractivity contribution in [3.8, 4) is 5.75 Å². The van der Waals surface area contributed by atoms with Crippen LogP contribution in [0.2, 0.25) is 0 Å². The molecule has 1 amide bonds. The van der Waals surface area contributed by atoms with Crippen LogP contribution in [0.5, 0.6) is 5.75 Å². The summed E-state index contributed by atoms with van der Waals surface area (Å²) in [5.74, 6) is 0.707. The van der Waals surface area contributed by atoms with Crippen LogP contribution in [0, 0.1) is 13.8 Å². The molecule has 1 aliphatic rings. The van der Waals surface area contributed by atoms with Gasteiger partial charge in [0.05, 0.1) is 13.2 Å². The van der Waals surface area contributed by atoms with Crippen LogP contribution in [-0.4, -0.2) is 56.3 Å². The van der Waals surface area contributed by atoms with Crippen molar-refractivity contribution >= 4 is 5.91 Å². The summed E-state index contributed by atoms with van der Waals surface area (Å²) < 4.78 is 11.1. The second kappa shape index (κ2) is 8.89. The summed E-state index contributed by atoms with van der Waals surface area (Å²) >= 11 is 0. The van der Waals surface area contributed by atoms with Crippen LogP contribution in [0.15, 0.2) is 18.2 Å². The van der Waals surface area contributed by atoms with Gasteiger partial charge in [-0.05, 0) is 45.4 Å². The van der Waals surface area contributed by atoms with Gasteiger partial charge < -0.3 is 14.8 Å². The monoisotopic (exact) mass is 320 g/mol. The molecule has 1 N–H and O–H groups in total. The minimum atomic E-state index is -0.486. The fraction of sp³-hybridized carbons (Fsp3) is 0.611. The number of nitrogens with zero attached hydrogens (tertiary/aromatic N) is 1. The molecular formula is C18H28N2O3. The van der Waals surface area contributed by atoms with Crippen molar-refractivity contribution in [1.82, 2.24) is 10.2 Å². The molecule has 5 nitrogen and oxygen atoms in total.